The summed E-state index contributed by atoms with van der Waals surface area (Å²) in [6, 6.07) is 15.7. The fourth-order valence-electron chi connectivity index (χ4n) is 2.73. The average Bonchev–Trinajstić information content (AvgIpc) is 3.31. The fraction of sp³-hybridized carbons (Fsp3) is 0.0500. The number of aromatic amines is 1. The van der Waals surface area contributed by atoms with Gasteiger partial charge in [-0.05, 0) is 12.1 Å². The van der Waals surface area contributed by atoms with Gasteiger partial charge in [0.2, 0.25) is 5.91 Å². The number of anilines is 1. The monoisotopic (exact) mass is 380 g/mol. The molecule has 0 unspecified atom stereocenters. The van der Waals surface area contributed by atoms with Crippen LogP contribution < -0.4 is 5.32 Å². The molecule has 0 atom stereocenters. The van der Waals surface area contributed by atoms with Crippen LogP contribution in [0.15, 0.2) is 65.2 Å². The molecular weight excluding hydrogens is 366 g/mol. The topological polar surface area (TPSA) is 83.8 Å². The van der Waals surface area contributed by atoms with Gasteiger partial charge in [0.25, 0.3) is 0 Å². The molecule has 2 N–H and O–H groups in total. The molecule has 0 aliphatic heterocycles. The summed E-state index contributed by atoms with van der Waals surface area (Å²) >= 11 is 0. The minimum Gasteiger partial charge on any atom is -0.356 e. The number of nitrogens with one attached hydrogen (secondary N) is 2. The second-order valence-electron chi connectivity index (χ2n) is 6.10. The van der Waals surface area contributed by atoms with E-state index in [1.807, 2.05) is 30.3 Å². The Bertz CT molecular complexity index is 1100. The highest BCUT2D eigenvalue weighted by Gasteiger charge is 2.13. The molecule has 28 heavy (non-hydrogen) atoms. The minimum absolute atomic E-state index is 0.00683. The van der Waals surface area contributed by atoms with Crippen molar-refractivity contribution in [1.82, 2.24) is 15.4 Å². The lowest BCUT2D eigenvalue weighted by atomic mass is 10.1. The number of rotatable bonds is 5. The molecule has 2 aromatic heterocycles. The highest BCUT2D eigenvalue weighted by molar-refractivity contribution is 5.91. The number of aromatic nitrogens is 3. The number of benzene rings is 2. The van der Waals surface area contributed by atoms with E-state index in [4.69, 9.17) is 4.52 Å². The number of hydrogen-bond acceptors (Lipinski definition) is 4. The van der Waals surface area contributed by atoms with Crippen LogP contribution in [-0.4, -0.2) is 21.3 Å². The van der Waals surface area contributed by atoms with E-state index in [-0.39, 0.29) is 23.7 Å². The summed E-state index contributed by atoms with van der Waals surface area (Å²) in [4.78, 5) is 12.2. The molecule has 8 heteroatoms. The van der Waals surface area contributed by atoms with Gasteiger partial charge in [0.15, 0.2) is 11.6 Å². The van der Waals surface area contributed by atoms with E-state index in [2.05, 4.69) is 20.7 Å². The maximum atomic E-state index is 13.3. The van der Waals surface area contributed by atoms with E-state index in [0.717, 1.165) is 11.6 Å². The molecule has 4 rings (SSSR count). The summed E-state index contributed by atoms with van der Waals surface area (Å²) in [6.07, 6.45) is -0.00683. The van der Waals surface area contributed by atoms with Crippen molar-refractivity contribution in [2.24, 2.45) is 0 Å². The lowest BCUT2D eigenvalue weighted by Gasteiger charge is -1.99. The van der Waals surface area contributed by atoms with E-state index >= 15 is 0 Å². The molecule has 0 fully saturated rings. The zero-order valence-corrected chi connectivity index (χ0v) is 14.4. The Morgan fingerprint density at radius 3 is 2.50 bits per heavy atom. The first-order chi connectivity index (χ1) is 13.6. The number of nitrogens with zero attached hydrogens (tertiary/aromatic N) is 2. The van der Waals surface area contributed by atoms with Crippen LogP contribution in [0.3, 0.4) is 0 Å². The first-order valence-electron chi connectivity index (χ1n) is 8.39. The summed E-state index contributed by atoms with van der Waals surface area (Å²) in [6.45, 7) is 0. The maximum absolute atomic E-state index is 13.3. The first kappa shape index (κ1) is 17.6. The van der Waals surface area contributed by atoms with Gasteiger partial charge in [0, 0.05) is 29.3 Å². The second kappa shape index (κ2) is 7.43. The SMILES string of the molecule is O=C(Cc1cc(-c2ccccc2)on1)Nc1cc(-c2cc(F)cc(F)c2)[nH]n1. The Morgan fingerprint density at radius 2 is 1.75 bits per heavy atom. The van der Waals surface area contributed by atoms with Crippen molar-refractivity contribution in [3.8, 4) is 22.6 Å². The Kier molecular flexibility index (Phi) is 4.67. The summed E-state index contributed by atoms with van der Waals surface area (Å²) in [5, 5.41) is 13.1. The van der Waals surface area contributed by atoms with Gasteiger partial charge in [-0.2, -0.15) is 5.10 Å². The molecule has 0 aliphatic rings. The van der Waals surface area contributed by atoms with E-state index < -0.39 is 11.6 Å². The maximum Gasteiger partial charge on any atom is 0.231 e. The number of halogens is 2. The number of carbonyl (C=O) groups is 1. The molecule has 4 aromatic rings. The molecule has 2 heterocycles. The highest BCUT2D eigenvalue weighted by atomic mass is 19.1. The van der Waals surface area contributed by atoms with Crippen LogP contribution in [0.2, 0.25) is 0 Å². The summed E-state index contributed by atoms with van der Waals surface area (Å²) < 4.78 is 31.9. The minimum atomic E-state index is -0.699. The van der Waals surface area contributed by atoms with Crippen LogP contribution in [0.5, 0.6) is 0 Å². The van der Waals surface area contributed by atoms with E-state index in [1.165, 1.54) is 18.2 Å². The van der Waals surface area contributed by atoms with Crippen molar-refractivity contribution in [1.29, 1.82) is 0 Å². The number of hydrogen-bond donors (Lipinski definition) is 2. The lowest BCUT2D eigenvalue weighted by molar-refractivity contribution is -0.115. The van der Waals surface area contributed by atoms with Gasteiger partial charge in [0.1, 0.15) is 11.6 Å². The Morgan fingerprint density at radius 1 is 1.00 bits per heavy atom. The molecule has 0 aliphatic carbocycles. The van der Waals surface area contributed by atoms with Crippen LogP contribution >= 0.6 is 0 Å². The van der Waals surface area contributed by atoms with Crippen molar-refractivity contribution in [3.05, 3.63) is 78.0 Å². The van der Waals surface area contributed by atoms with Crippen molar-refractivity contribution >= 4 is 11.7 Å². The van der Waals surface area contributed by atoms with Crippen LogP contribution in [0, 0.1) is 11.6 Å². The molecule has 0 bridgehead atoms. The van der Waals surface area contributed by atoms with Crippen LogP contribution in [0.4, 0.5) is 14.6 Å². The van der Waals surface area contributed by atoms with Crippen molar-refractivity contribution in [2.75, 3.05) is 5.32 Å². The quantitative estimate of drug-likeness (QED) is 0.544. The van der Waals surface area contributed by atoms with E-state index in [9.17, 15) is 13.6 Å². The third-order valence-electron chi connectivity index (χ3n) is 3.98. The van der Waals surface area contributed by atoms with Gasteiger partial charge >= 0.3 is 0 Å². The Balaban J connectivity index is 1.42. The molecule has 0 saturated carbocycles. The van der Waals surface area contributed by atoms with Crippen molar-refractivity contribution in [3.63, 3.8) is 0 Å². The Labute approximate surface area is 158 Å². The molecule has 0 spiro atoms. The first-order valence-corrected chi connectivity index (χ1v) is 8.39. The summed E-state index contributed by atoms with van der Waals surface area (Å²) in [5.74, 6) is -0.947. The number of carbonyl (C=O) groups excluding carboxylic acids is 1. The highest BCUT2D eigenvalue weighted by Crippen LogP contribution is 2.23. The van der Waals surface area contributed by atoms with Gasteiger partial charge < -0.3 is 9.84 Å². The normalized spacial score (nSPS) is 10.8. The van der Waals surface area contributed by atoms with E-state index in [0.29, 0.717) is 17.1 Å². The predicted octanol–water partition coefficient (Wildman–Crippen LogP) is 4.19. The van der Waals surface area contributed by atoms with Crippen molar-refractivity contribution < 1.29 is 18.1 Å². The molecule has 1 amide bonds. The molecule has 140 valence electrons. The number of H-pyrrole nitrogens is 1. The smallest absolute Gasteiger partial charge is 0.231 e. The van der Waals surface area contributed by atoms with Crippen LogP contribution in [-0.2, 0) is 11.2 Å². The molecule has 0 saturated heterocycles. The fourth-order valence-corrected chi connectivity index (χ4v) is 2.73. The predicted molar refractivity (Wildman–Crippen MR) is 98.2 cm³/mol. The largest absolute Gasteiger partial charge is 0.356 e. The zero-order chi connectivity index (χ0) is 19.5. The van der Waals surface area contributed by atoms with Gasteiger partial charge in [-0.15, -0.1) is 0 Å². The summed E-state index contributed by atoms with van der Waals surface area (Å²) in [7, 11) is 0. The molecule has 6 nitrogen and oxygen atoms in total. The van der Waals surface area contributed by atoms with Crippen LogP contribution in [0.1, 0.15) is 5.69 Å². The molecule has 2 aromatic carbocycles. The lowest BCUT2D eigenvalue weighted by Crippen LogP contribution is -2.14. The second-order valence-corrected chi connectivity index (χ2v) is 6.10. The Hall–Kier alpha value is -3.81. The van der Waals surface area contributed by atoms with Gasteiger partial charge in [0.05, 0.1) is 17.8 Å². The average molecular weight is 380 g/mol. The summed E-state index contributed by atoms with van der Waals surface area (Å²) in [5.41, 5.74) is 2.00. The standard InChI is InChI=1S/C20H14F2N4O2/c21-14-6-13(7-15(22)8-14)17-11-19(25-24-17)23-20(27)10-16-9-18(28-26-16)12-4-2-1-3-5-12/h1-9,11H,10H2,(H2,23,24,25,27). The van der Waals surface area contributed by atoms with Crippen LogP contribution in [0.25, 0.3) is 22.6 Å². The third kappa shape index (κ3) is 3.96. The zero-order valence-electron chi connectivity index (χ0n) is 14.4. The van der Waals surface area contributed by atoms with Gasteiger partial charge in [-0.25, -0.2) is 8.78 Å². The molecular formula is C20H14F2N4O2. The number of amides is 1. The van der Waals surface area contributed by atoms with Gasteiger partial charge in [-0.1, -0.05) is 35.5 Å². The van der Waals surface area contributed by atoms with E-state index in [1.54, 1.807) is 6.07 Å². The van der Waals surface area contributed by atoms with Crippen molar-refractivity contribution in [2.45, 2.75) is 6.42 Å². The third-order valence-corrected chi connectivity index (χ3v) is 3.98. The van der Waals surface area contributed by atoms with Gasteiger partial charge in [-0.3, -0.25) is 9.89 Å². The molecule has 0 radical (unpaired) electrons.